The summed E-state index contributed by atoms with van der Waals surface area (Å²) in [5.74, 6) is 1.29. The monoisotopic (exact) mass is 173 g/mol. The van der Waals surface area contributed by atoms with Gasteiger partial charge in [-0.05, 0) is 18.3 Å². The van der Waals surface area contributed by atoms with Crippen molar-refractivity contribution in [3.05, 3.63) is 0 Å². The van der Waals surface area contributed by atoms with Crippen LogP contribution in [0.25, 0.3) is 0 Å². The average Bonchev–Trinajstić information content (AvgIpc) is 2.03. The molecule has 0 aliphatic carbocycles. The van der Waals surface area contributed by atoms with Gasteiger partial charge in [-0.3, -0.25) is 0 Å². The van der Waals surface area contributed by atoms with E-state index < -0.39 is 0 Å². The van der Waals surface area contributed by atoms with E-state index >= 15 is 0 Å². The van der Waals surface area contributed by atoms with Gasteiger partial charge >= 0.3 is 0 Å². The van der Waals surface area contributed by atoms with Gasteiger partial charge in [0, 0.05) is 6.54 Å². The largest absolute Gasteiger partial charge is 0.392 e. The number of aliphatic hydroxyl groups is 1. The molecular formula is C10H23NO. The highest BCUT2D eigenvalue weighted by atomic mass is 16.3. The lowest BCUT2D eigenvalue weighted by molar-refractivity contribution is 0.132. The summed E-state index contributed by atoms with van der Waals surface area (Å²) in [6.07, 6.45) is 2.96. The smallest absolute Gasteiger partial charge is 0.0665 e. The van der Waals surface area contributed by atoms with E-state index in [9.17, 15) is 5.11 Å². The van der Waals surface area contributed by atoms with Gasteiger partial charge in [-0.25, -0.2) is 0 Å². The summed E-state index contributed by atoms with van der Waals surface area (Å²) < 4.78 is 0. The molecule has 74 valence electrons. The topological polar surface area (TPSA) is 46.2 Å². The highest BCUT2D eigenvalue weighted by Crippen LogP contribution is 2.22. The Kier molecular flexibility index (Phi) is 6.39. The number of hydrogen-bond acceptors (Lipinski definition) is 2. The third-order valence-corrected chi connectivity index (χ3v) is 2.45. The molecule has 0 radical (unpaired) electrons. The molecule has 0 saturated carbocycles. The van der Waals surface area contributed by atoms with Crippen LogP contribution in [0.1, 0.15) is 40.0 Å². The highest BCUT2D eigenvalue weighted by Gasteiger charge is 2.15. The number of hydrogen-bond donors (Lipinski definition) is 2. The molecule has 0 aromatic rings. The first-order valence-corrected chi connectivity index (χ1v) is 4.99. The molecule has 0 saturated heterocycles. The van der Waals surface area contributed by atoms with Crippen LogP contribution in [0.3, 0.4) is 0 Å². The lowest BCUT2D eigenvalue weighted by atomic mass is 9.86. The van der Waals surface area contributed by atoms with Gasteiger partial charge in [-0.15, -0.1) is 0 Å². The summed E-state index contributed by atoms with van der Waals surface area (Å²) in [6, 6.07) is 0. The Balaban J connectivity index is 3.77. The van der Waals surface area contributed by atoms with E-state index in [2.05, 4.69) is 20.8 Å². The van der Waals surface area contributed by atoms with E-state index in [1.807, 2.05) is 0 Å². The van der Waals surface area contributed by atoms with Crippen molar-refractivity contribution in [3.8, 4) is 0 Å². The Labute approximate surface area is 76.2 Å². The minimum Gasteiger partial charge on any atom is -0.392 e. The van der Waals surface area contributed by atoms with Crippen molar-refractivity contribution in [1.29, 1.82) is 0 Å². The van der Waals surface area contributed by atoms with Crippen LogP contribution in [-0.2, 0) is 0 Å². The van der Waals surface area contributed by atoms with Gasteiger partial charge < -0.3 is 10.8 Å². The van der Waals surface area contributed by atoms with Crippen LogP contribution < -0.4 is 5.73 Å². The molecule has 0 bridgehead atoms. The lowest BCUT2D eigenvalue weighted by Gasteiger charge is -2.22. The molecule has 0 rings (SSSR count). The first-order chi connectivity index (χ1) is 5.61. The van der Waals surface area contributed by atoms with Crippen molar-refractivity contribution in [3.63, 3.8) is 0 Å². The second kappa shape index (κ2) is 6.44. The van der Waals surface area contributed by atoms with Gasteiger partial charge in [0.15, 0.2) is 0 Å². The molecule has 0 amide bonds. The fourth-order valence-electron chi connectivity index (χ4n) is 1.54. The van der Waals surface area contributed by atoms with Crippen molar-refractivity contribution in [2.24, 2.45) is 17.6 Å². The molecule has 0 aromatic carbocycles. The summed E-state index contributed by atoms with van der Waals surface area (Å²) >= 11 is 0. The lowest BCUT2D eigenvalue weighted by Crippen LogP contribution is -2.25. The first-order valence-electron chi connectivity index (χ1n) is 4.99. The fourth-order valence-corrected chi connectivity index (χ4v) is 1.54. The van der Waals surface area contributed by atoms with Gasteiger partial charge in [-0.1, -0.05) is 33.6 Å². The molecule has 2 atom stereocenters. The third kappa shape index (κ3) is 4.73. The van der Waals surface area contributed by atoms with Crippen LogP contribution in [0.15, 0.2) is 0 Å². The molecule has 12 heavy (non-hydrogen) atoms. The first kappa shape index (κ1) is 11.9. The van der Waals surface area contributed by atoms with Gasteiger partial charge in [0.2, 0.25) is 0 Å². The minimum atomic E-state index is -0.302. The van der Waals surface area contributed by atoms with Crippen molar-refractivity contribution >= 4 is 0 Å². The summed E-state index contributed by atoms with van der Waals surface area (Å²) in [6.45, 7) is 7.00. The maximum atomic E-state index is 9.38. The predicted molar refractivity (Wildman–Crippen MR) is 52.9 cm³/mol. The van der Waals surface area contributed by atoms with Crippen molar-refractivity contribution in [1.82, 2.24) is 0 Å². The molecule has 2 nitrogen and oxygen atoms in total. The quantitative estimate of drug-likeness (QED) is 0.643. The zero-order valence-electron chi connectivity index (χ0n) is 8.59. The predicted octanol–water partition coefficient (Wildman–Crippen LogP) is 1.77. The zero-order valence-corrected chi connectivity index (χ0v) is 8.59. The summed E-state index contributed by atoms with van der Waals surface area (Å²) in [5.41, 5.74) is 5.37. The summed E-state index contributed by atoms with van der Waals surface area (Å²) in [7, 11) is 0. The van der Waals surface area contributed by atoms with Gasteiger partial charge in [0.1, 0.15) is 0 Å². The maximum absolute atomic E-state index is 9.38. The molecule has 2 unspecified atom stereocenters. The Bertz CT molecular complexity index is 104. The number of nitrogens with two attached hydrogens (primary N) is 1. The number of rotatable bonds is 6. The van der Waals surface area contributed by atoms with Crippen LogP contribution in [-0.4, -0.2) is 17.8 Å². The normalized spacial score (nSPS) is 16.5. The van der Waals surface area contributed by atoms with Crippen LogP contribution in [0.5, 0.6) is 0 Å². The standard InChI is InChI=1S/C10H23NO/c1-4-5-9(8(2)3)6-10(12)7-11/h8-10,12H,4-7,11H2,1-3H3. The number of aliphatic hydroxyl groups excluding tert-OH is 1. The van der Waals surface area contributed by atoms with Crippen LogP contribution in [0.4, 0.5) is 0 Å². The molecule has 0 spiro atoms. The van der Waals surface area contributed by atoms with Crippen LogP contribution in [0.2, 0.25) is 0 Å². The molecule has 0 heterocycles. The molecule has 2 heteroatoms. The molecule has 0 fully saturated rings. The second-order valence-corrected chi connectivity index (χ2v) is 3.92. The Morgan fingerprint density at radius 1 is 1.33 bits per heavy atom. The Morgan fingerprint density at radius 3 is 2.25 bits per heavy atom. The molecular weight excluding hydrogens is 150 g/mol. The molecule has 0 aromatic heterocycles. The average molecular weight is 173 g/mol. The van der Waals surface area contributed by atoms with E-state index in [4.69, 9.17) is 5.73 Å². The maximum Gasteiger partial charge on any atom is 0.0665 e. The Hall–Kier alpha value is -0.0800. The minimum absolute atomic E-state index is 0.302. The Morgan fingerprint density at radius 2 is 1.92 bits per heavy atom. The van der Waals surface area contributed by atoms with Crippen molar-refractivity contribution < 1.29 is 5.11 Å². The molecule has 3 N–H and O–H groups in total. The van der Waals surface area contributed by atoms with E-state index in [0.717, 1.165) is 6.42 Å². The summed E-state index contributed by atoms with van der Waals surface area (Å²) in [5, 5.41) is 9.38. The van der Waals surface area contributed by atoms with Crippen LogP contribution >= 0.6 is 0 Å². The van der Waals surface area contributed by atoms with E-state index in [1.165, 1.54) is 12.8 Å². The van der Waals surface area contributed by atoms with E-state index in [0.29, 0.717) is 18.4 Å². The second-order valence-electron chi connectivity index (χ2n) is 3.92. The SMILES string of the molecule is CCCC(CC(O)CN)C(C)C. The van der Waals surface area contributed by atoms with Crippen LogP contribution in [0, 0.1) is 11.8 Å². The highest BCUT2D eigenvalue weighted by molar-refractivity contribution is 4.68. The zero-order chi connectivity index (χ0) is 9.56. The van der Waals surface area contributed by atoms with Crippen molar-refractivity contribution in [2.45, 2.75) is 46.1 Å². The molecule has 0 aliphatic rings. The summed E-state index contributed by atoms with van der Waals surface area (Å²) in [4.78, 5) is 0. The van der Waals surface area contributed by atoms with E-state index in [1.54, 1.807) is 0 Å². The molecule has 0 aliphatic heterocycles. The fraction of sp³-hybridized carbons (Fsp3) is 1.00. The van der Waals surface area contributed by atoms with Gasteiger partial charge in [0.05, 0.1) is 6.10 Å². The van der Waals surface area contributed by atoms with Gasteiger partial charge in [-0.2, -0.15) is 0 Å². The van der Waals surface area contributed by atoms with Crippen molar-refractivity contribution in [2.75, 3.05) is 6.54 Å². The third-order valence-electron chi connectivity index (χ3n) is 2.45. The van der Waals surface area contributed by atoms with Gasteiger partial charge in [0.25, 0.3) is 0 Å². The van der Waals surface area contributed by atoms with E-state index in [-0.39, 0.29) is 6.10 Å².